The highest BCUT2D eigenvalue weighted by Gasteiger charge is 2.33. The summed E-state index contributed by atoms with van der Waals surface area (Å²) in [4.78, 5) is 3.72. The number of alkyl halides is 3. The average molecular weight is 258 g/mol. The zero-order valence-corrected chi connectivity index (χ0v) is 9.48. The van der Waals surface area contributed by atoms with E-state index in [4.69, 9.17) is 0 Å². The van der Waals surface area contributed by atoms with Crippen LogP contribution in [0.4, 0.5) is 19.0 Å². The molecule has 2 heterocycles. The van der Waals surface area contributed by atoms with Gasteiger partial charge in [-0.3, -0.25) is 0 Å². The van der Waals surface area contributed by atoms with Crippen molar-refractivity contribution in [3.05, 3.63) is 46.3 Å². The van der Waals surface area contributed by atoms with Crippen molar-refractivity contribution in [2.45, 2.75) is 12.7 Å². The van der Waals surface area contributed by atoms with Gasteiger partial charge in [0.25, 0.3) is 0 Å². The van der Waals surface area contributed by atoms with Crippen molar-refractivity contribution in [1.29, 1.82) is 0 Å². The third-order valence-electron chi connectivity index (χ3n) is 2.15. The van der Waals surface area contributed by atoms with Gasteiger partial charge in [-0.15, -0.1) is 0 Å². The van der Waals surface area contributed by atoms with Crippen LogP contribution in [0.25, 0.3) is 0 Å². The van der Waals surface area contributed by atoms with E-state index in [-0.39, 0.29) is 5.82 Å². The summed E-state index contributed by atoms with van der Waals surface area (Å²) < 4.78 is 37.9. The zero-order valence-electron chi connectivity index (χ0n) is 8.66. The SMILES string of the molecule is FC(F)(F)c1cccnc1NCc1ccsc1. The van der Waals surface area contributed by atoms with Crippen molar-refractivity contribution in [3.63, 3.8) is 0 Å². The molecule has 1 N–H and O–H groups in total. The predicted octanol–water partition coefficient (Wildman–Crippen LogP) is 3.77. The maximum absolute atomic E-state index is 12.6. The van der Waals surface area contributed by atoms with E-state index < -0.39 is 11.7 Å². The fourth-order valence-electron chi connectivity index (χ4n) is 1.35. The molecule has 0 bridgehead atoms. The number of hydrogen-bond acceptors (Lipinski definition) is 3. The van der Waals surface area contributed by atoms with E-state index in [9.17, 15) is 13.2 Å². The number of hydrogen-bond donors (Lipinski definition) is 1. The van der Waals surface area contributed by atoms with Crippen molar-refractivity contribution in [1.82, 2.24) is 4.98 Å². The largest absolute Gasteiger partial charge is 0.419 e. The molecule has 6 heteroatoms. The quantitative estimate of drug-likeness (QED) is 0.906. The molecule has 2 aromatic rings. The first-order chi connectivity index (χ1) is 8.07. The van der Waals surface area contributed by atoms with Gasteiger partial charge in [-0.2, -0.15) is 24.5 Å². The van der Waals surface area contributed by atoms with Crippen molar-refractivity contribution < 1.29 is 13.2 Å². The number of pyridine rings is 1. The molecule has 17 heavy (non-hydrogen) atoms. The minimum absolute atomic E-state index is 0.133. The van der Waals surface area contributed by atoms with Crippen LogP contribution in [0.15, 0.2) is 35.2 Å². The average Bonchev–Trinajstić information content (AvgIpc) is 2.78. The van der Waals surface area contributed by atoms with E-state index in [1.807, 2.05) is 16.8 Å². The van der Waals surface area contributed by atoms with E-state index in [1.54, 1.807) is 0 Å². The minimum atomic E-state index is -4.38. The second-order valence-electron chi connectivity index (χ2n) is 3.38. The van der Waals surface area contributed by atoms with Gasteiger partial charge in [0.15, 0.2) is 0 Å². The topological polar surface area (TPSA) is 24.9 Å². The van der Waals surface area contributed by atoms with Crippen LogP contribution in [-0.2, 0) is 12.7 Å². The Labute approximate surface area is 100 Å². The highest BCUT2D eigenvalue weighted by atomic mass is 32.1. The van der Waals surface area contributed by atoms with Crippen LogP contribution in [-0.4, -0.2) is 4.98 Å². The van der Waals surface area contributed by atoms with Crippen LogP contribution in [0.1, 0.15) is 11.1 Å². The molecule has 0 saturated heterocycles. The highest BCUT2D eigenvalue weighted by molar-refractivity contribution is 7.07. The second kappa shape index (κ2) is 4.75. The molecule has 0 unspecified atom stereocenters. The van der Waals surface area contributed by atoms with E-state index in [1.165, 1.54) is 23.6 Å². The lowest BCUT2D eigenvalue weighted by molar-refractivity contribution is -0.137. The summed E-state index contributed by atoms with van der Waals surface area (Å²) in [6.07, 6.45) is -3.05. The molecule has 2 aromatic heterocycles. The predicted molar refractivity (Wildman–Crippen MR) is 60.9 cm³/mol. The molecule has 90 valence electrons. The third kappa shape index (κ3) is 2.97. The van der Waals surface area contributed by atoms with E-state index in [0.29, 0.717) is 6.54 Å². The molecule has 0 atom stereocenters. The van der Waals surface area contributed by atoms with Crippen molar-refractivity contribution in [3.8, 4) is 0 Å². The molecule has 0 aromatic carbocycles. The first-order valence-electron chi connectivity index (χ1n) is 4.84. The number of anilines is 1. The number of rotatable bonds is 3. The van der Waals surface area contributed by atoms with Crippen LogP contribution in [0.5, 0.6) is 0 Å². The Hall–Kier alpha value is -1.56. The molecule has 0 fully saturated rings. The van der Waals surface area contributed by atoms with E-state index in [0.717, 1.165) is 11.6 Å². The summed E-state index contributed by atoms with van der Waals surface area (Å²) in [5.41, 5.74) is 0.198. The maximum Gasteiger partial charge on any atom is 0.419 e. The molecule has 0 saturated carbocycles. The van der Waals surface area contributed by atoms with Gasteiger partial charge in [-0.05, 0) is 34.5 Å². The van der Waals surface area contributed by atoms with Crippen LogP contribution >= 0.6 is 11.3 Å². The van der Waals surface area contributed by atoms with Gasteiger partial charge in [0.1, 0.15) is 5.82 Å². The Kier molecular flexibility index (Phi) is 3.33. The van der Waals surface area contributed by atoms with Gasteiger partial charge in [-0.1, -0.05) is 0 Å². The first kappa shape index (κ1) is 11.9. The molecular weight excluding hydrogens is 249 g/mol. The van der Waals surface area contributed by atoms with Crippen LogP contribution in [0.3, 0.4) is 0 Å². The fraction of sp³-hybridized carbons (Fsp3) is 0.182. The molecule has 0 amide bonds. The summed E-state index contributed by atoms with van der Waals surface area (Å²) in [5.74, 6) is -0.133. The van der Waals surface area contributed by atoms with E-state index in [2.05, 4.69) is 10.3 Å². The molecule has 0 aliphatic rings. The monoisotopic (exact) mass is 258 g/mol. The van der Waals surface area contributed by atoms with Gasteiger partial charge < -0.3 is 5.32 Å². The molecular formula is C11H9F3N2S. The van der Waals surface area contributed by atoms with Crippen molar-refractivity contribution in [2.24, 2.45) is 0 Å². The minimum Gasteiger partial charge on any atom is -0.365 e. The Balaban J connectivity index is 2.16. The van der Waals surface area contributed by atoms with Crippen LogP contribution < -0.4 is 5.32 Å². The molecule has 2 nitrogen and oxygen atoms in total. The second-order valence-corrected chi connectivity index (χ2v) is 4.16. The number of halogens is 3. The Bertz CT molecular complexity index is 480. The standard InChI is InChI=1S/C11H9F3N2S/c12-11(13,14)9-2-1-4-15-10(9)16-6-8-3-5-17-7-8/h1-5,7H,6H2,(H,15,16). The summed E-state index contributed by atoms with van der Waals surface area (Å²) >= 11 is 1.50. The van der Waals surface area contributed by atoms with Gasteiger partial charge in [0.2, 0.25) is 0 Å². The fourth-order valence-corrected chi connectivity index (χ4v) is 2.02. The highest BCUT2D eigenvalue weighted by Crippen LogP contribution is 2.33. The molecule has 0 aliphatic carbocycles. The molecule has 2 rings (SSSR count). The van der Waals surface area contributed by atoms with E-state index >= 15 is 0 Å². The number of nitrogens with one attached hydrogen (secondary N) is 1. The maximum atomic E-state index is 12.6. The van der Waals surface area contributed by atoms with Gasteiger partial charge in [0.05, 0.1) is 5.56 Å². The lowest BCUT2D eigenvalue weighted by Crippen LogP contribution is -2.11. The Morgan fingerprint density at radius 3 is 2.76 bits per heavy atom. The summed E-state index contributed by atoms with van der Waals surface area (Å²) in [5, 5.41) is 6.45. The number of nitrogens with zero attached hydrogens (tertiary/aromatic N) is 1. The summed E-state index contributed by atoms with van der Waals surface area (Å²) in [6, 6.07) is 4.15. The smallest absolute Gasteiger partial charge is 0.365 e. The van der Waals surface area contributed by atoms with Gasteiger partial charge in [0, 0.05) is 12.7 Å². The lowest BCUT2D eigenvalue weighted by Gasteiger charge is -2.12. The van der Waals surface area contributed by atoms with Gasteiger partial charge >= 0.3 is 6.18 Å². The normalized spacial score (nSPS) is 11.5. The number of aromatic nitrogens is 1. The molecule has 0 aliphatic heterocycles. The van der Waals surface area contributed by atoms with Crippen molar-refractivity contribution >= 4 is 17.2 Å². The third-order valence-corrected chi connectivity index (χ3v) is 2.89. The van der Waals surface area contributed by atoms with Crippen LogP contribution in [0, 0.1) is 0 Å². The summed E-state index contributed by atoms with van der Waals surface area (Å²) in [7, 11) is 0. The van der Waals surface area contributed by atoms with Crippen molar-refractivity contribution in [2.75, 3.05) is 5.32 Å². The Morgan fingerprint density at radius 1 is 1.29 bits per heavy atom. The van der Waals surface area contributed by atoms with Crippen LogP contribution in [0.2, 0.25) is 0 Å². The lowest BCUT2D eigenvalue weighted by atomic mass is 10.2. The first-order valence-corrected chi connectivity index (χ1v) is 5.79. The number of thiophene rings is 1. The summed E-state index contributed by atoms with van der Waals surface area (Å²) in [6.45, 7) is 0.337. The Morgan fingerprint density at radius 2 is 2.12 bits per heavy atom. The zero-order chi connectivity index (χ0) is 12.3. The molecule has 0 radical (unpaired) electrons. The van der Waals surface area contributed by atoms with Gasteiger partial charge in [-0.25, -0.2) is 4.98 Å². The molecule has 0 spiro atoms.